The van der Waals surface area contributed by atoms with Crippen LogP contribution in [0.5, 0.6) is 5.75 Å². The van der Waals surface area contributed by atoms with Gasteiger partial charge in [0.05, 0.1) is 5.60 Å². The van der Waals surface area contributed by atoms with Gasteiger partial charge in [0.1, 0.15) is 5.75 Å². The summed E-state index contributed by atoms with van der Waals surface area (Å²) in [5.41, 5.74) is 1.20. The van der Waals surface area contributed by atoms with Gasteiger partial charge in [0.15, 0.2) is 0 Å². The van der Waals surface area contributed by atoms with E-state index in [1.54, 1.807) is 19.2 Å². The first-order valence-electron chi connectivity index (χ1n) is 6.19. The van der Waals surface area contributed by atoms with Crippen molar-refractivity contribution >= 4 is 5.91 Å². The van der Waals surface area contributed by atoms with Crippen LogP contribution in [0, 0.1) is 6.92 Å². The molecule has 2 rings (SSSR count). The average molecular weight is 249 g/mol. The Labute approximate surface area is 107 Å². The Hall–Kier alpha value is -1.55. The average Bonchev–Trinajstić information content (AvgIpc) is 2.27. The Balaban J connectivity index is 1.99. The van der Waals surface area contributed by atoms with Crippen LogP contribution in [0.4, 0.5) is 0 Å². The molecule has 0 aromatic heterocycles. The Bertz CT molecular complexity index is 447. The number of methoxy groups -OCH3 is 1. The Kier molecular flexibility index (Phi) is 3.57. The maximum Gasteiger partial charge on any atom is 0.251 e. The molecule has 2 N–H and O–H groups in total. The molecule has 1 aliphatic carbocycles. The molecular weight excluding hydrogens is 230 g/mol. The second-order valence-corrected chi connectivity index (χ2v) is 4.92. The molecule has 4 nitrogen and oxygen atoms in total. The normalized spacial score (nSPS) is 17.0. The highest BCUT2D eigenvalue weighted by Crippen LogP contribution is 2.34. The quantitative estimate of drug-likeness (QED) is 0.858. The number of benzene rings is 1. The highest BCUT2D eigenvalue weighted by Gasteiger charge is 2.37. The van der Waals surface area contributed by atoms with Gasteiger partial charge in [-0.1, -0.05) is 0 Å². The van der Waals surface area contributed by atoms with Crippen molar-refractivity contribution < 1.29 is 14.6 Å². The van der Waals surface area contributed by atoms with E-state index in [2.05, 4.69) is 5.32 Å². The van der Waals surface area contributed by atoms with Crippen molar-refractivity contribution in [3.05, 3.63) is 29.3 Å². The van der Waals surface area contributed by atoms with Gasteiger partial charge in [0, 0.05) is 19.2 Å². The first-order chi connectivity index (χ1) is 8.56. The summed E-state index contributed by atoms with van der Waals surface area (Å²) in [7, 11) is 1.69. The van der Waals surface area contributed by atoms with Gasteiger partial charge in [0.25, 0.3) is 5.91 Å². The summed E-state index contributed by atoms with van der Waals surface area (Å²) in [6.45, 7) is 2.35. The zero-order chi connectivity index (χ0) is 13.2. The molecule has 0 unspecified atom stereocenters. The van der Waals surface area contributed by atoms with Crippen molar-refractivity contribution in [2.45, 2.75) is 31.8 Å². The highest BCUT2D eigenvalue weighted by atomic mass is 16.5. The largest absolute Gasteiger partial charge is 0.508 e. The number of hydrogen-bond donors (Lipinski definition) is 2. The minimum absolute atomic E-state index is 0.115. The predicted octanol–water partition coefficient (Wildman–Crippen LogP) is 2.00. The number of ether oxygens (including phenoxy) is 1. The zero-order valence-corrected chi connectivity index (χ0v) is 10.8. The van der Waals surface area contributed by atoms with Crippen molar-refractivity contribution in [1.29, 1.82) is 0 Å². The molecule has 1 aliphatic rings. The number of aromatic hydroxyl groups is 1. The lowest BCUT2D eigenvalue weighted by atomic mass is 9.80. The fourth-order valence-corrected chi connectivity index (χ4v) is 2.26. The molecule has 1 saturated carbocycles. The minimum Gasteiger partial charge on any atom is -0.508 e. The molecule has 0 saturated heterocycles. The smallest absolute Gasteiger partial charge is 0.251 e. The van der Waals surface area contributed by atoms with Crippen LogP contribution >= 0.6 is 0 Å². The van der Waals surface area contributed by atoms with Crippen molar-refractivity contribution in [3.8, 4) is 5.75 Å². The topological polar surface area (TPSA) is 58.6 Å². The van der Waals surface area contributed by atoms with Crippen molar-refractivity contribution in [1.82, 2.24) is 5.32 Å². The molecule has 4 heteroatoms. The van der Waals surface area contributed by atoms with Crippen LogP contribution in [0.3, 0.4) is 0 Å². The Morgan fingerprint density at radius 2 is 2.22 bits per heavy atom. The van der Waals surface area contributed by atoms with E-state index in [9.17, 15) is 9.90 Å². The van der Waals surface area contributed by atoms with E-state index in [0.717, 1.165) is 24.8 Å². The summed E-state index contributed by atoms with van der Waals surface area (Å²) < 4.78 is 5.45. The molecule has 0 radical (unpaired) electrons. The fourth-order valence-electron chi connectivity index (χ4n) is 2.26. The Morgan fingerprint density at radius 3 is 2.72 bits per heavy atom. The first-order valence-corrected chi connectivity index (χ1v) is 6.19. The van der Waals surface area contributed by atoms with Gasteiger partial charge in [-0.25, -0.2) is 0 Å². The number of nitrogens with one attached hydrogen (secondary N) is 1. The van der Waals surface area contributed by atoms with E-state index in [1.807, 2.05) is 6.92 Å². The number of aryl methyl sites for hydroxylation is 1. The predicted molar refractivity (Wildman–Crippen MR) is 68.8 cm³/mol. The molecule has 1 amide bonds. The van der Waals surface area contributed by atoms with Crippen LogP contribution in [0.25, 0.3) is 0 Å². The number of hydrogen-bond acceptors (Lipinski definition) is 3. The van der Waals surface area contributed by atoms with E-state index in [0.29, 0.717) is 12.1 Å². The summed E-state index contributed by atoms with van der Waals surface area (Å²) in [5, 5.41) is 12.2. The van der Waals surface area contributed by atoms with E-state index >= 15 is 0 Å². The van der Waals surface area contributed by atoms with Gasteiger partial charge in [-0.05, 0) is 49.9 Å². The SMILES string of the molecule is COC1(CNC(=O)c2ccc(O)cc2C)CCC1. The van der Waals surface area contributed by atoms with E-state index in [-0.39, 0.29) is 17.3 Å². The highest BCUT2D eigenvalue weighted by molar-refractivity contribution is 5.95. The molecule has 0 heterocycles. The molecule has 0 spiro atoms. The zero-order valence-electron chi connectivity index (χ0n) is 10.8. The van der Waals surface area contributed by atoms with Crippen molar-refractivity contribution in [3.63, 3.8) is 0 Å². The van der Waals surface area contributed by atoms with E-state index in [4.69, 9.17) is 4.74 Å². The second kappa shape index (κ2) is 4.98. The molecule has 98 valence electrons. The summed E-state index contributed by atoms with van der Waals surface area (Å²) in [5.74, 6) is 0.0622. The number of rotatable bonds is 4. The van der Waals surface area contributed by atoms with Crippen LogP contribution in [-0.2, 0) is 4.74 Å². The van der Waals surface area contributed by atoms with Gasteiger partial charge in [0.2, 0.25) is 0 Å². The first kappa shape index (κ1) is 12.9. The second-order valence-electron chi connectivity index (χ2n) is 4.92. The molecule has 1 aromatic carbocycles. The standard InChI is InChI=1S/C14H19NO3/c1-10-8-11(16)4-5-12(10)13(17)15-9-14(18-2)6-3-7-14/h4-5,8,16H,3,6-7,9H2,1-2H3,(H,15,17). The number of amides is 1. The lowest BCUT2D eigenvalue weighted by molar-refractivity contribution is -0.0679. The van der Waals surface area contributed by atoms with Crippen LogP contribution in [0.15, 0.2) is 18.2 Å². The van der Waals surface area contributed by atoms with Gasteiger partial charge >= 0.3 is 0 Å². The summed E-state index contributed by atoms with van der Waals surface area (Å²) in [6, 6.07) is 4.75. The molecule has 1 aromatic rings. The number of phenols is 1. The molecule has 0 aliphatic heterocycles. The van der Waals surface area contributed by atoms with Crippen LogP contribution in [0.2, 0.25) is 0 Å². The summed E-state index contributed by atoms with van der Waals surface area (Å²) in [6.07, 6.45) is 3.15. The van der Waals surface area contributed by atoms with Gasteiger partial charge < -0.3 is 15.2 Å². The molecule has 18 heavy (non-hydrogen) atoms. The minimum atomic E-state index is -0.166. The van der Waals surface area contributed by atoms with Crippen LogP contribution in [0.1, 0.15) is 35.2 Å². The lowest BCUT2D eigenvalue weighted by Gasteiger charge is -2.40. The van der Waals surface area contributed by atoms with Crippen LogP contribution < -0.4 is 5.32 Å². The van der Waals surface area contributed by atoms with Crippen molar-refractivity contribution in [2.24, 2.45) is 0 Å². The Morgan fingerprint density at radius 1 is 1.50 bits per heavy atom. The molecule has 0 bridgehead atoms. The van der Waals surface area contributed by atoms with Crippen LogP contribution in [-0.4, -0.2) is 30.3 Å². The fraction of sp³-hybridized carbons (Fsp3) is 0.500. The van der Waals surface area contributed by atoms with Gasteiger partial charge in [-0.15, -0.1) is 0 Å². The van der Waals surface area contributed by atoms with Crippen molar-refractivity contribution in [2.75, 3.05) is 13.7 Å². The number of carbonyl (C=O) groups is 1. The maximum absolute atomic E-state index is 12.0. The number of phenolic OH excluding ortho intramolecular Hbond substituents is 1. The van der Waals surface area contributed by atoms with Gasteiger partial charge in [-0.2, -0.15) is 0 Å². The maximum atomic E-state index is 12.0. The molecular formula is C14H19NO3. The third-order valence-electron chi connectivity index (χ3n) is 3.72. The van der Waals surface area contributed by atoms with E-state index < -0.39 is 0 Å². The molecule has 0 atom stereocenters. The third kappa shape index (κ3) is 2.48. The molecule has 1 fully saturated rings. The lowest BCUT2D eigenvalue weighted by Crippen LogP contribution is -2.49. The monoisotopic (exact) mass is 249 g/mol. The summed E-state index contributed by atoms with van der Waals surface area (Å²) >= 11 is 0. The third-order valence-corrected chi connectivity index (χ3v) is 3.72. The summed E-state index contributed by atoms with van der Waals surface area (Å²) in [4.78, 5) is 12.0. The van der Waals surface area contributed by atoms with Gasteiger partial charge in [-0.3, -0.25) is 4.79 Å². The number of carbonyl (C=O) groups excluding carboxylic acids is 1. The van der Waals surface area contributed by atoms with E-state index in [1.165, 1.54) is 6.07 Å².